The molecule has 0 saturated carbocycles. The summed E-state index contributed by atoms with van der Waals surface area (Å²) in [6, 6.07) is 10.2. The molecule has 2 aliphatic rings. The summed E-state index contributed by atoms with van der Waals surface area (Å²) in [4.78, 5) is 17.7. The maximum atomic E-state index is 12.6. The largest absolute Gasteiger partial charge is 0.318 e. The molecule has 8 nitrogen and oxygen atoms in total. The summed E-state index contributed by atoms with van der Waals surface area (Å²) in [6.07, 6.45) is 3.56. The topological polar surface area (TPSA) is 108 Å². The summed E-state index contributed by atoms with van der Waals surface area (Å²) in [7, 11) is -3.68. The molecular formula is C21H21N5O3S2. The first-order valence-corrected chi connectivity index (χ1v) is 12.3. The van der Waals surface area contributed by atoms with Gasteiger partial charge in [-0.25, -0.2) is 13.3 Å². The number of amides is 1. The number of aliphatic imine (C=N–C) groups is 1. The quantitative estimate of drug-likeness (QED) is 0.564. The van der Waals surface area contributed by atoms with Crippen molar-refractivity contribution in [3.63, 3.8) is 0 Å². The van der Waals surface area contributed by atoms with Crippen molar-refractivity contribution in [1.29, 1.82) is 5.41 Å². The molecule has 0 atom stereocenters. The first-order valence-electron chi connectivity index (χ1n) is 9.59. The van der Waals surface area contributed by atoms with Crippen LogP contribution in [0.2, 0.25) is 0 Å². The van der Waals surface area contributed by atoms with Crippen molar-refractivity contribution in [2.75, 3.05) is 6.26 Å². The molecule has 1 N–H and O–H groups in total. The van der Waals surface area contributed by atoms with Gasteiger partial charge >= 0.3 is 0 Å². The predicted molar refractivity (Wildman–Crippen MR) is 124 cm³/mol. The first kappa shape index (κ1) is 21.3. The summed E-state index contributed by atoms with van der Waals surface area (Å²) < 4.78 is 30.0. The van der Waals surface area contributed by atoms with Crippen LogP contribution in [0.5, 0.6) is 0 Å². The Hall–Kier alpha value is -2.98. The van der Waals surface area contributed by atoms with Crippen LogP contribution in [-0.2, 0) is 21.1 Å². The van der Waals surface area contributed by atoms with Gasteiger partial charge in [0.2, 0.25) is 20.2 Å². The Kier molecular flexibility index (Phi) is 5.22. The van der Waals surface area contributed by atoms with Crippen LogP contribution >= 0.6 is 11.9 Å². The van der Waals surface area contributed by atoms with Crippen molar-refractivity contribution in [3.8, 4) is 5.69 Å². The van der Waals surface area contributed by atoms with E-state index in [9.17, 15) is 13.2 Å². The Bertz CT molecular complexity index is 1320. The highest BCUT2D eigenvalue weighted by molar-refractivity contribution is 8.16. The SMILES string of the molecule is CCc1ccc(-n2c(C)cc(/C=C3/C(=N)N4C(=NC3=O)SN=C4S(C)(=O)=O)c2C)cc1. The second-order valence-corrected chi connectivity index (χ2v) is 10.0. The molecule has 2 aromatic rings. The van der Waals surface area contributed by atoms with E-state index in [-0.39, 0.29) is 21.7 Å². The first-order chi connectivity index (χ1) is 14.6. The molecule has 3 heterocycles. The molecule has 160 valence electrons. The fraction of sp³-hybridized carbons (Fsp3) is 0.238. The summed E-state index contributed by atoms with van der Waals surface area (Å²) in [5, 5.41) is 8.28. The number of benzene rings is 1. The maximum absolute atomic E-state index is 12.6. The van der Waals surface area contributed by atoms with Crippen molar-refractivity contribution in [1.82, 2.24) is 9.47 Å². The minimum Gasteiger partial charge on any atom is -0.318 e. The van der Waals surface area contributed by atoms with Gasteiger partial charge in [-0.1, -0.05) is 19.1 Å². The van der Waals surface area contributed by atoms with E-state index in [1.54, 1.807) is 6.08 Å². The van der Waals surface area contributed by atoms with Crippen LogP contribution < -0.4 is 0 Å². The summed E-state index contributed by atoms with van der Waals surface area (Å²) in [5.41, 5.74) is 4.90. The van der Waals surface area contributed by atoms with E-state index in [0.717, 1.165) is 52.2 Å². The standard InChI is InChI=1S/C21H21N5O3S2/c1-5-14-6-8-16(9-7-14)25-12(2)10-15(13(25)3)11-17-18(22)26-20(23-19(17)27)30-24-21(26)31(4,28)29/h6-11,22H,5H2,1-4H3/b17-11-,22-18?. The number of aryl methyl sites for hydroxylation is 2. The van der Waals surface area contributed by atoms with Gasteiger partial charge in [0, 0.05) is 23.3 Å². The molecule has 0 fully saturated rings. The Morgan fingerprint density at radius 2 is 1.87 bits per heavy atom. The van der Waals surface area contributed by atoms with Crippen LogP contribution in [0.3, 0.4) is 0 Å². The van der Waals surface area contributed by atoms with Crippen molar-refractivity contribution >= 4 is 49.9 Å². The molecule has 0 saturated heterocycles. The zero-order valence-corrected chi connectivity index (χ0v) is 19.1. The van der Waals surface area contributed by atoms with Gasteiger partial charge in [-0.15, -0.1) is 0 Å². The fourth-order valence-corrected chi connectivity index (χ4v) is 5.45. The second kappa shape index (κ2) is 7.61. The Morgan fingerprint density at radius 3 is 2.48 bits per heavy atom. The van der Waals surface area contributed by atoms with Crippen LogP contribution in [0, 0.1) is 19.3 Å². The number of carbonyl (C=O) groups excluding carboxylic acids is 1. The highest BCUT2D eigenvalue weighted by atomic mass is 32.2. The summed E-state index contributed by atoms with van der Waals surface area (Å²) in [6.45, 7) is 6.01. The lowest BCUT2D eigenvalue weighted by Gasteiger charge is -2.23. The van der Waals surface area contributed by atoms with Crippen molar-refractivity contribution in [2.24, 2.45) is 9.39 Å². The highest BCUT2D eigenvalue weighted by Gasteiger charge is 2.41. The van der Waals surface area contributed by atoms with Gasteiger partial charge in [0.15, 0.2) is 0 Å². The number of aromatic nitrogens is 1. The average molecular weight is 456 g/mol. The molecule has 1 aromatic carbocycles. The molecule has 0 bridgehead atoms. The Balaban J connectivity index is 1.76. The van der Waals surface area contributed by atoms with Crippen LogP contribution in [0.25, 0.3) is 11.8 Å². The number of amidine groups is 3. The van der Waals surface area contributed by atoms with Gasteiger partial charge in [-0.05, 0) is 55.7 Å². The van der Waals surface area contributed by atoms with Gasteiger partial charge in [-0.3, -0.25) is 10.2 Å². The monoisotopic (exact) mass is 455 g/mol. The molecule has 1 amide bonds. The van der Waals surface area contributed by atoms with Gasteiger partial charge in [-0.2, -0.15) is 9.39 Å². The average Bonchev–Trinajstić information content (AvgIpc) is 3.26. The third kappa shape index (κ3) is 3.66. The minimum absolute atomic E-state index is 0.0178. The number of fused-ring (bicyclic) bond motifs is 1. The molecule has 10 heteroatoms. The van der Waals surface area contributed by atoms with Crippen molar-refractivity contribution in [3.05, 3.63) is 58.4 Å². The zero-order valence-electron chi connectivity index (χ0n) is 17.5. The fourth-order valence-electron chi connectivity index (χ4n) is 3.60. The molecule has 4 rings (SSSR count). The molecule has 0 aliphatic carbocycles. The Morgan fingerprint density at radius 1 is 1.19 bits per heavy atom. The number of carbonyl (C=O) groups is 1. The summed E-state index contributed by atoms with van der Waals surface area (Å²) >= 11 is 0.779. The maximum Gasteiger partial charge on any atom is 0.283 e. The van der Waals surface area contributed by atoms with E-state index in [4.69, 9.17) is 5.41 Å². The highest BCUT2D eigenvalue weighted by Crippen LogP contribution is 2.31. The van der Waals surface area contributed by atoms with E-state index < -0.39 is 15.7 Å². The minimum atomic E-state index is -3.68. The normalized spacial score (nSPS) is 17.8. The lowest BCUT2D eigenvalue weighted by atomic mass is 10.1. The van der Waals surface area contributed by atoms with E-state index in [0.29, 0.717) is 0 Å². The molecule has 2 aliphatic heterocycles. The second-order valence-electron chi connectivity index (χ2n) is 7.36. The third-order valence-electron chi connectivity index (χ3n) is 5.20. The lowest BCUT2D eigenvalue weighted by Crippen LogP contribution is -2.45. The van der Waals surface area contributed by atoms with Crippen LogP contribution in [-0.4, -0.2) is 46.2 Å². The molecule has 0 spiro atoms. The van der Waals surface area contributed by atoms with Crippen LogP contribution in [0.1, 0.15) is 29.4 Å². The smallest absolute Gasteiger partial charge is 0.283 e. The number of sulfone groups is 1. The number of nitrogens with one attached hydrogen (secondary N) is 1. The number of rotatable bonds is 3. The zero-order chi connectivity index (χ0) is 22.5. The number of hydrogen-bond acceptors (Lipinski definition) is 6. The van der Waals surface area contributed by atoms with Crippen molar-refractivity contribution < 1.29 is 13.2 Å². The molecule has 31 heavy (non-hydrogen) atoms. The van der Waals surface area contributed by atoms with Gasteiger partial charge in [0.05, 0.1) is 17.5 Å². The van der Waals surface area contributed by atoms with E-state index in [2.05, 4.69) is 45.1 Å². The van der Waals surface area contributed by atoms with Gasteiger partial charge in [0.25, 0.3) is 5.91 Å². The Labute approximate surface area is 185 Å². The number of nitrogens with zero attached hydrogens (tertiary/aromatic N) is 4. The molecule has 0 radical (unpaired) electrons. The molecule has 0 unspecified atom stereocenters. The van der Waals surface area contributed by atoms with E-state index in [1.165, 1.54) is 5.56 Å². The summed E-state index contributed by atoms with van der Waals surface area (Å²) in [5.74, 6) is -0.841. The lowest BCUT2D eigenvalue weighted by molar-refractivity contribution is -0.114. The molecular weight excluding hydrogens is 434 g/mol. The number of hydrogen-bond donors (Lipinski definition) is 1. The van der Waals surface area contributed by atoms with Crippen LogP contribution in [0.15, 0.2) is 45.3 Å². The van der Waals surface area contributed by atoms with Crippen LogP contribution in [0.4, 0.5) is 0 Å². The van der Waals surface area contributed by atoms with Crippen molar-refractivity contribution in [2.45, 2.75) is 27.2 Å². The van der Waals surface area contributed by atoms with Gasteiger partial charge < -0.3 is 4.57 Å². The predicted octanol–water partition coefficient (Wildman–Crippen LogP) is 3.28. The van der Waals surface area contributed by atoms with E-state index in [1.807, 2.05) is 19.9 Å². The third-order valence-corrected chi connectivity index (χ3v) is 6.95. The molecule has 1 aromatic heterocycles. The van der Waals surface area contributed by atoms with E-state index >= 15 is 0 Å². The van der Waals surface area contributed by atoms with Gasteiger partial charge in [0.1, 0.15) is 5.84 Å².